The van der Waals surface area contributed by atoms with Crippen molar-refractivity contribution in [1.29, 1.82) is 5.26 Å². The van der Waals surface area contributed by atoms with Gasteiger partial charge in [0.2, 0.25) is 5.69 Å². The predicted octanol–water partition coefficient (Wildman–Crippen LogP) is 11.9. The lowest BCUT2D eigenvalue weighted by atomic mass is 10.0. The molecular formula is C44H24N4O. The summed E-state index contributed by atoms with van der Waals surface area (Å²) in [5.74, 6) is 0. The van der Waals surface area contributed by atoms with Gasteiger partial charge in [-0.05, 0) is 77.9 Å². The van der Waals surface area contributed by atoms with Gasteiger partial charge < -0.3 is 13.6 Å². The van der Waals surface area contributed by atoms with E-state index in [0.29, 0.717) is 16.8 Å². The number of aromatic nitrogens is 2. The van der Waals surface area contributed by atoms with Crippen LogP contribution in [0.3, 0.4) is 0 Å². The lowest BCUT2D eigenvalue weighted by Gasteiger charge is -2.12. The highest BCUT2D eigenvalue weighted by Gasteiger charge is 2.20. The van der Waals surface area contributed by atoms with Crippen molar-refractivity contribution in [2.75, 3.05) is 0 Å². The lowest BCUT2D eigenvalue weighted by molar-refractivity contribution is 0.675. The second-order valence-corrected chi connectivity index (χ2v) is 12.4. The van der Waals surface area contributed by atoms with Gasteiger partial charge >= 0.3 is 0 Å². The number of nitriles is 1. The third kappa shape index (κ3) is 3.85. The second kappa shape index (κ2) is 10.2. The van der Waals surface area contributed by atoms with Crippen LogP contribution in [0.25, 0.3) is 92.9 Å². The summed E-state index contributed by atoms with van der Waals surface area (Å²) in [7, 11) is 0. The Labute approximate surface area is 280 Å². The average molecular weight is 625 g/mol. The summed E-state index contributed by atoms with van der Waals surface area (Å²) in [5.41, 5.74) is 11.2. The van der Waals surface area contributed by atoms with Crippen molar-refractivity contribution in [3.8, 4) is 28.6 Å². The van der Waals surface area contributed by atoms with Gasteiger partial charge in [-0.25, -0.2) is 4.85 Å². The van der Waals surface area contributed by atoms with Crippen LogP contribution < -0.4 is 0 Å². The van der Waals surface area contributed by atoms with Gasteiger partial charge in [0.05, 0.1) is 45.7 Å². The molecule has 49 heavy (non-hydrogen) atoms. The summed E-state index contributed by atoms with van der Waals surface area (Å²) in [4.78, 5) is 3.72. The minimum absolute atomic E-state index is 0.522. The van der Waals surface area contributed by atoms with Gasteiger partial charge in [0.1, 0.15) is 11.2 Å². The fraction of sp³-hybridized carbons (Fsp3) is 0. The van der Waals surface area contributed by atoms with Gasteiger partial charge in [-0.1, -0.05) is 78.9 Å². The third-order valence-electron chi connectivity index (χ3n) is 9.74. The molecule has 10 aromatic rings. The molecule has 226 valence electrons. The molecule has 0 saturated carbocycles. The summed E-state index contributed by atoms with van der Waals surface area (Å²) < 4.78 is 11.1. The van der Waals surface area contributed by atoms with Crippen LogP contribution >= 0.6 is 0 Å². The van der Waals surface area contributed by atoms with Crippen molar-refractivity contribution < 1.29 is 4.42 Å². The maximum atomic E-state index is 9.59. The standard InChI is InChI=1S/C44H24N4O/c1-46-37-16-8-15-33-34-20-22-41-42(44(34)49-43(33)37)35-14-3-5-18-39(35)48(41)31-12-7-10-29(25-31)28-9-6-11-30(24-28)47-38-17-4-2-13-32(38)36-23-27(26-45)19-21-40(36)47/h2-25H. The van der Waals surface area contributed by atoms with E-state index >= 15 is 0 Å². The number of benzene rings is 7. The molecule has 0 spiro atoms. The SMILES string of the molecule is [C-]#[N+]c1cccc2c1oc1c2ccc2c1c1ccccc1n2-c1cccc(-c2cccc(-n3c4ccccc4c4cc(C#N)ccc43)c2)c1. The Hall–Kier alpha value is -7.08. The van der Waals surface area contributed by atoms with Gasteiger partial charge in [0.25, 0.3) is 0 Å². The number of furan rings is 1. The quantitative estimate of drug-likeness (QED) is 0.184. The number of hydrogen-bond donors (Lipinski definition) is 0. The number of fused-ring (bicyclic) bond motifs is 10. The Kier molecular flexibility index (Phi) is 5.64. The zero-order valence-electron chi connectivity index (χ0n) is 26.1. The van der Waals surface area contributed by atoms with Crippen LogP contribution in [0.4, 0.5) is 5.69 Å². The molecule has 5 nitrogen and oxygen atoms in total. The highest BCUT2D eigenvalue weighted by atomic mass is 16.3. The summed E-state index contributed by atoms with van der Waals surface area (Å²) in [6, 6.07) is 52.4. The van der Waals surface area contributed by atoms with E-state index in [-0.39, 0.29) is 0 Å². The summed E-state index contributed by atoms with van der Waals surface area (Å²) in [5, 5.41) is 15.9. The van der Waals surface area contributed by atoms with E-state index < -0.39 is 0 Å². The van der Waals surface area contributed by atoms with E-state index in [9.17, 15) is 5.26 Å². The minimum Gasteiger partial charge on any atom is -0.466 e. The molecule has 7 aromatic carbocycles. The fourth-order valence-corrected chi connectivity index (χ4v) is 7.63. The number of para-hydroxylation sites is 3. The highest BCUT2D eigenvalue weighted by Crippen LogP contribution is 2.43. The van der Waals surface area contributed by atoms with E-state index in [0.717, 1.165) is 82.5 Å². The van der Waals surface area contributed by atoms with Crippen molar-refractivity contribution in [3.63, 3.8) is 0 Å². The molecule has 0 radical (unpaired) electrons. The molecule has 0 saturated heterocycles. The summed E-state index contributed by atoms with van der Waals surface area (Å²) >= 11 is 0. The first-order valence-corrected chi connectivity index (χ1v) is 16.1. The molecule has 0 aliphatic carbocycles. The van der Waals surface area contributed by atoms with Gasteiger partial charge in [-0.15, -0.1) is 0 Å². The van der Waals surface area contributed by atoms with Crippen LogP contribution in [0.1, 0.15) is 5.56 Å². The molecule has 5 heteroatoms. The van der Waals surface area contributed by atoms with Gasteiger partial charge in [0.15, 0.2) is 0 Å². The molecule has 3 aromatic heterocycles. The van der Waals surface area contributed by atoms with Crippen molar-refractivity contribution in [2.45, 2.75) is 0 Å². The Bertz CT molecular complexity index is 3090. The average Bonchev–Trinajstić information content (AvgIpc) is 3.82. The third-order valence-corrected chi connectivity index (χ3v) is 9.74. The Morgan fingerprint density at radius 2 is 1.10 bits per heavy atom. The van der Waals surface area contributed by atoms with Gasteiger partial charge in [-0.2, -0.15) is 5.26 Å². The molecule has 0 aliphatic rings. The number of rotatable bonds is 3. The monoisotopic (exact) mass is 624 g/mol. The van der Waals surface area contributed by atoms with Crippen LogP contribution in [-0.2, 0) is 0 Å². The normalized spacial score (nSPS) is 11.6. The maximum Gasteiger partial charge on any atom is 0.229 e. The van der Waals surface area contributed by atoms with E-state index in [2.05, 4.69) is 123 Å². The Morgan fingerprint density at radius 3 is 1.84 bits per heavy atom. The zero-order valence-corrected chi connectivity index (χ0v) is 26.1. The van der Waals surface area contributed by atoms with Crippen molar-refractivity contribution in [3.05, 3.63) is 163 Å². The maximum absolute atomic E-state index is 9.59. The molecule has 0 bridgehead atoms. The summed E-state index contributed by atoms with van der Waals surface area (Å²) in [6.45, 7) is 7.69. The van der Waals surface area contributed by atoms with Gasteiger partial charge in [0, 0.05) is 38.3 Å². The van der Waals surface area contributed by atoms with E-state index in [4.69, 9.17) is 11.0 Å². The minimum atomic E-state index is 0.522. The molecule has 0 amide bonds. The zero-order chi connectivity index (χ0) is 32.6. The van der Waals surface area contributed by atoms with E-state index in [1.54, 1.807) is 0 Å². The first-order valence-electron chi connectivity index (χ1n) is 16.1. The lowest BCUT2D eigenvalue weighted by Crippen LogP contribution is -1.96. The molecule has 10 rings (SSSR count). The van der Waals surface area contributed by atoms with Crippen molar-refractivity contribution in [2.24, 2.45) is 0 Å². The molecule has 0 aliphatic heterocycles. The molecule has 0 N–H and O–H groups in total. The van der Waals surface area contributed by atoms with Crippen molar-refractivity contribution >= 4 is 71.2 Å². The first-order chi connectivity index (χ1) is 24.2. The van der Waals surface area contributed by atoms with E-state index in [1.807, 2.05) is 42.5 Å². The molecule has 0 unspecified atom stereocenters. The smallest absolute Gasteiger partial charge is 0.229 e. The summed E-state index contributed by atoms with van der Waals surface area (Å²) in [6.07, 6.45) is 0. The molecule has 0 atom stereocenters. The van der Waals surface area contributed by atoms with Crippen LogP contribution in [0.2, 0.25) is 0 Å². The van der Waals surface area contributed by atoms with Crippen LogP contribution in [0.15, 0.2) is 150 Å². The molecule has 0 fully saturated rings. The fourth-order valence-electron chi connectivity index (χ4n) is 7.63. The van der Waals surface area contributed by atoms with Crippen LogP contribution in [-0.4, -0.2) is 9.13 Å². The van der Waals surface area contributed by atoms with Gasteiger partial charge in [-0.3, -0.25) is 0 Å². The van der Waals surface area contributed by atoms with Crippen molar-refractivity contribution in [1.82, 2.24) is 9.13 Å². The largest absolute Gasteiger partial charge is 0.466 e. The highest BCUT2D eigenvalue weighted by molar-refractivity contribution is 6.24. The van der Waals surface area contributed by atoms with Crippen LogP contribution in [0.5, 0.6) is 0 Å². The van der Waals surface area contributed by atoms with Crippen LogP contribution in [0, 0.1) is 17.9 Å². The Morgan fingerprint density at radius 1 is 0.510 bits per heavy atom. The second-order valence-electron chi connectivity index (χ2n) is 12.4. The first kappa shape index (κ1) is 27.1. The number of nitrogens with zero attached hydrogens (tertiary/aromatic N) is 4. The molecule has 3 heterocycles. The predicted molar refractivity (Wildman–Crippen MR) is 199 cm³/mol. The number of hydrogen-bond acceptors (Lipinski definition) is 2. The molecular weight excluding hydrogens is 601 g/mol. The van der Waals surface area contributed by atoms with E-state index in [1.165, 1.54) is 0 Å². The Balaban J connectivity index is 1.17. The topological polar surface area (TPSA) is 51.1 Å².